The average molecular weight is 436 g/mol. The Balaban J connectivity index is 1.59. The van der Waals surface area contributed by atoms with Gasteiger partial charge >= 0.3 is 0 Å². The normalized spacial score (nSPS) is 18.2. The van der Waals surface area contributed by atoms with Crippen molar-refractivity contribution in [2.75, 3.05) is 6.61 Å². The number of hydrogen-bond acceptors (Lipinski definition) is 6. The topological polar surface area (TPSA) is 91.7 Å². The SMILES string of the molecule is Cc1ccc(-n2ccc3c(c2=O)C2(COC(N)=N2)c2cc(-c4cccnc4)ccc2O3)cc1. The van der Waals surface area contributed by atoms with Crippen LogP contribution in [0.2, 0.25) is 0 Å². The number of nitrogens with two attached hydrogens (primary N) is 1. The Hall–Kier alpha value is -4.39. The maximum atomic E-state index is 13.8. The Morgan fingerprint density at radius 1 is 1.03 bits per heavy atom. The van der Waals surface area contributed by atoms with Gasteiger partial charge in [0.25, 0.3) is 11.6 Å². The van der Waals surface area contributed by atoms with Gasteiger partial charge in [-0.15, -0.1) is 0 Å². The van der Waals surface area contributed by atoms with Gasteiger partial charge in [0.1, 0.15) is 18.1 Å². The second-order valence-corrected chi connectivity index (χ2v) is 8.22. The predicted octanol–water partition coefficient (Wildman–Crippen LogP) is 3.90. The zero-order valence-corrected chi connectivity index (χ0v) is 17.9. The van der Waals surface area contributed by atoms with E-state index in [1.54, 1.807) is 29.2 Å². The molecule has 6 rings (SSSR count). The second-order valence-electron chi connectivity index (χ2n) is 8.22. The molecule has 2 aromatic heterocycles. The van der Waals surface area contributed by atoms with Crippen LogP contribution in [-0.2, 0) is 10.3 Å². The molecule has 33 heavy (non-hydrogen) atoms. The van der Waals surface area contributed by atoms with Crippen molar-refractivity contribution in [1.82, 2.24) is 9.55 Å². The summed E-state index contributed by atoms with van der Waals surface area (Å²) >= 11 is 0. The fraction of sp³-hybridized carbons (Fsp3) is 0.115. The van der Waals surface area contributed by atoms with Crippen LogP contribution in [0, 0.1) is 6.92 Å². The number of hydrogen-bond donors (Lipinski definition) is 1. The molecule has 0 radical (unpaired) electrons. The molecule has 4 heterocycles. The highest BCUT2D eigenvalue weighted by Gasteiger charge is 2.49. The van der Waals surface area contributed by atoms with Gasteiger partial charge in [-0.05, 0) is 48.9 Å². The van der Waals surface area contributed by atoms with Gasteiger partial charge < -0.3 is 15.2 Å². The molecule has 0 bridgehead atoms. The van der Waals surface area contributed by atoms with E-state index >= 15 is 0 Å². The van der Waals surface area contributed by atoms with Gasteiger partial charge in [0.2, 0.25) is 0 Å². The zero-order chi connectivity index (χ0) is 22.6. The summed E-state index contributed by atoms with van der Waals surface area (Å²) in [6, 6.07) is 19.3. The van der Waals surface area contributed by atoms with Gasteiger partial charge in [0.15, 0.2) is 5.54 Å². The van der Waals surface area contributed by atoms with Gasteiger partial charge in [-0.25, -0.2) is 4.99 Å². The number of ether oxygens (including phenoxy) is 2. The molecule has 2 aromatic carbocycles. The van der Waals surface area contributed by atoms with Crippen molar-refractivity contribution in [2.45, 2.75) is 12.5 Å². The van der Waals surface area contributed by atoms with Crippen LogP contribution in [-0.4, -0.2) is 22.2 Å². The van der Waals surface area contributed by atoms with Crippen molar-refractivity contribution in [2.24, 2.45) is 10.7 Å². The summed E-state index contributed by atoms with van der Waals surface area (Å²) in [6.07, 6.45) is 5.24. The van der Waals surface area contributed by atoms with Crippen LogP contribution in [0.15, 0.2) is 89.0 Å². The Morgan fingerprint density at radius 3 is 2.61 bits per heavy atom. The molecular formula is C26H20N4O3. The van der Waals surface area contributed by atoms with E-state index < -0.39 is 5.54 Å². The van der Waals surface area contributed by atoms with Crippen LogP contribution < -0.4 is 16.0 Å². The number of aromatic nitrogens is 2. The third-order valence-electron chi connectivity index (χ3n) is 6.15. The maximum absolute atomic E-state index is 13.8. The molecule has 2 aliphatic heterocycles. The molecule has 0 saturated carbocycles. The van der Waals surface area contributed by atoms with Crippen LogP contribution in [0.3, 0.4) is 0 Å². The summed E-state index contributed by atoms with van der Waals surface area (Å²) in [4.78, 5) is 22.7. The molecule has 0 amide bonds. The lowest BCUT2D eigenvalue weighted by atomic mass is 9.81. The van der Waals surface area contributed by atoms with Crippen LogP contribution in [0.4, 0.5) is 0 Å². The first-order valence-corrected chi connectivity index (χ1v) is 10.6. The van der Waals surface area contributed by atoms with E-state index in [0.717, 1.165) is 27.9 Å². The lowest BCUT2D eigenvalue weighted by molar-refractivity contribution is 0.262. The van der Waals surface area contributed by atoms with Gasteiger partial charge in [-0.1, -0.05) is 29.8 Å². The molecule has 1 unspecified atom stereocenters. The standard InChI is InChI=1S/C26H20N4O3/c1-16-4-7-19(8-5-16)30-12-10-22-23(24(30)31)26(15-32-25(27)29-26)20-13-17(6-9-21(20)33-22)18-3-2-11-28-14-18/h2-14H,15H2,1H3,(H2,27,29). The molecule has 0 fully saturated rings. The highest BCUT2D eigenvalue weighted by Crippen LogP contribution is 2.50. The third-order valence-corrected chi connectivity index (χ3v) is 6.15. The first-order chi connectivity index (χ1) is 16.0. The van der Waals surface area contributed by atoms with Crippen molar-refractivity contribution in [3.8, 4) is 28.3 Å². The molecule has 4 aromatic rings. The predicted molar refractivity (Wildman–Crippen MR) is 125 cm³/mol. The zero-order valence-electron chi connectivity index (χ0n) is 17.9. The molecule has 162 valence electrons. The number of benzene rings is 2. The van der Waals surface area contributed by atoms with Crippen LogP contribution in [0.1, 0.15) is 16.7 Å². The minimum atomic E-state index is -1.10. The van der Waals surface area contributed by atoms with Gasteiger partial charge in [-0.3, -0.25) is 14.3 Å². The number of fused-ring (bicyclic) bond motifs is 4. The molecule has 2 N–H and O–H groups in total. The third kappa shape index (κ3) is 2.93. The molecule has 1 atom stereocenters. The van der Waals surface area contributed by atoms with Crippen LogP contribution in [0.25, 0.3) is 16.8 Å². The number of nitrogens with zero attached hydrogens (tertiary/aromatic N) is 3. The molecule has 2 aliphatic rings. The molecule has 0 saturated heterocycles. The summed E-state index contributed by atoms with van der Waals surface area (Å²) in [5.74, 6) is 1.07. The second kappa shape index (κ2) is 7.06. The lowest BCUT2D eigenvalue weighted by Gasteiger charge is -2.33. The van der Waals surface area contributed by atoms with E-state index in [1.807, 2.05) is 61.5 Å². The summed E-state index contributed by atoms with van der Waals surface area (Å²) in [5, 5.41) is 0. The summed E-state index contributed by atoms with van der Waals surface area (Å²) < 4.78 is 13.4. The Morgan fingerprint density at radius 2 is 1.88 bits per heavy atom. The van der Waals surface area contributed by atoms with Crippen molar-refractivity contribution in [3.63, 3.8) is 0 Å². The van der Waals surface area contributed by atoms with Crippen molar-refractivity contribution >= 4 is 6.02 Å². The van der Waals surface area contributed by atoms with E-state index in [-0.39, 0.29) is 18.2 Å². The fourth-order valence-corrected chi connectivity index (χ4v) is 4.50. The number of aryl methyl sites for hydroxylation is 1. The highest BCUT2D eigenvalue weighted by atomic mass is 16.5. The van der Waals surface area contributed by atoms with E-state index in [2.05, 4.69) is 9.98 Å². The molecule has 0 aliphatic carbocycles. The maximum Gasteiger partial charge on any atom is 0.283 e. The summed E-state index contributed by atoms with van der Waals surface area (Å²) in [6.45, 7) is 2.12. The molecular weight excluding hydrogens is 416 g/mol. The molecule has 7 heteroatoms. The monoisotopic (exact) mass is 436 g/mol. The van der Waals surface area contributed by atoms with E-state index in [9.17, 15) is 4.79 Å². The van der Waals surface area contributed by atoms with Crippen molar-refractivity contribution < 1.29 is 9.47 Å². The quantitative estimate of drug-likeness (QED) is 0.515. The van der Waals surface area contributed by atoms with Gasteiger partial charge in [0, 0.05) is 35.4 Å². The fourth-order valence-electron chi connectivity index (χ4n) is 4.50. The Labute approximate surface area is 189 Å². The minimum Gasteiger partial charge on any atom is -0.462 e. The Bertz CT molecular complexity index is 1480. The lowest BCUT2D eigenvalue weighted by Crippen LogP contribution is -2.39. The van der Waals surface area contributed by atoms with Crippen molar-refractivity contribution in [1.29, 1.82) is 0 Å². The van der Waals surface area contributed by atoms with E-state index in [4.69, 9.17) is 15.2 Å². The molecule has 7 nitrogen and oxygen atoms in total. The number of rotatable bonds is 2. The molecule has 1 spiro atoms. The smallest absolute Gasteiger partial charge is 0.283 e. The van der Waals surface area contributed by atoms with Crippen LogP contribution in [0.5, 0.6) is 11.5 Å². The van der Waals surface area contributed by atoms with E-state index in [1.165, 1.54) is 0 Å². The number of amidine groups is 1. The van der Waals surface area contributed by atoms with E-state index in [0.29, 0.717) is 17.1 Å². The van der Waals surface area contributed by atoms with Crippen molar-refractivity contribution in [3.05, 3.63) is 106 Å². The van der Waals surface area contributed by atoms with Gasteiger partial charge in [-0.2, -0.15) is 0 Å². The number of aliphatic imine (C=N–C) groups is 1. The first-order valence-electron chi connectivity index (χ1n) is 10.6. The highest BCUT2D eigenvalue weighted by molar-refractivity contribution is 5.77. The average Bonchev–Trinajstić information content (AvgIpc) is 3.22. The minimum absolute atomic E-state index is 0.0470. The summed E-state index contributed by atoms with van der Waals surface area (Å²) in [7, 11) is 0. The Kier molecular flexibility index (Phi) is 4.13. The number of pyridine rings is 2. The largest absolute Gasteiger partial charge is 0.462 e. The van der Waals surface area contributed by atoms with Gasteiger partial charge in [0.05, 0.1) is 5.56 Å². The first kappa shape index (κ1) is 19.3. The van der Waals surface area contributed by atoms with Crippen LogP contribution >= 0.6 is 0 Å². The summed E-state index contributed by atoms with van der Waals surface area (Å²) in [5.41, 5.74) is 9.55.